The predicted octanol–water partition coefficient (Wildman–Crippen LogP) is 3.19. The Labute approximate surface area is 175 Å². The molecule has 0 bridgehead atoms. The number of hydrogen-bond donors (Lipinski definition) is 1. The molecule has 0 saturated heterocycles. The fourth-order valence-electron chi connectivity index (χ4n) is 3.31. The number of esters is 1. The largest absolute Gasteiger partial charge is 0.454 e. The van der Waals surface area contributed by atoms with E-state index >= 15 is 0 Å². The quantitative estimate of drug-likeness (QED) is 0.561. The van der Waals surface area contributed by atoms with Crippen LogP contribution < -0.4 is 5.32 Å². The number of carbonyl (C=O) groups excluding carboxylic acids is 4. The number of nitrogens with one attached hydrogen (secondary N) is 1. The van der Waals surface area contributed by atoms with E-state index in [4.69, 9.17) is 4.74 Å². The minimum atomic E-state index is -1.09. The fraction of sp³-hybridized carbons (Fsp3) is 0.304. The Balaban J connectivity index is 1.69. The molecule has 0 aliphatic carbocycles. The van der Waals surface area contributed by atoms with Crippen LogP contribution >= 0.6 is 0 Å². The van der Waals surface area contributed by atoms with Gasteiger partial charge in [-0.15, -0.1) is 0 Å². The molecule has 1 aliphatic rings. The van der Waals surface area contributed by atoms with Crippen molar-refractivity contribution in [2.45, 2.75) is 33.2 Å². The highest BCUT2D eigenvalue weighted by Crippen LogP contribution is 2.27. The molecule has 1 N–H and O–H groups in total. The van der Waals surface area contributed by atoms with Crippen LogP contribution in [0.1, 0.15) is 46.5 Å². The summed E-state index contributed by atoms with van der Waals surface area (Å²) in [7, 11) is 0. The highest BCUT2D eigenvalue weighted by atomic mass is 16.5. The van der Waals surface area contributed by atoms with Gasteiger partial charge in [0, 0.05) is 5.69 Å². The maximum Gasteiger partial charge on any atom is 0.329 e. The van der Waals surface area contributed by atoms with Gasteiger partial charge in [-0.3, -0.25) is 19.3 Å². The first-order valence-electron chi connectivity index (χ1n) is 9.78. The van der Waals surface area contributed by atoms with E-state index in [1.807, 2.05) is 32.9 Å². The normalized spacial score (nSPS) is 13.9. The first-order valence-corrected chi connectivity index (χ1v) is 9.78. The van der Waals surface area contributed by atoms with Crippen molar-refractivity contribution < 1.29 is 23.9 Å². The van der Waals surface area contributed by atoms with Gasteiger partial charge in [-0.25, -0.2) is 4.79 Å². The molecule has 0 radical (unpaired) electrons. The van der Waals surface area contributed by atoms with E-state index in [-0.39, 0.29) is 23.5 Å². The number of fused-ring (bicyclic) bond motifs is 1. The molecular weight excluding hydrogens is 384 g/mol. The van der Waals surface area contributed by atoms with Gasteiger partial charge >= 0.3 is 5.97 Å². The van der Waals surface area contributed by atoms with E-state index in [1.165, 1.54) is 0 Å². The van der Waals surface area contributed by atoms with Crippen LogP contribution in [0, 0.1) is 12.8 Å². The Hall–Kier alpha value is -3.48. The van der Waals surface area contributed by atoms with Crippen LogP contribution in [0.15, 0.2) is 48.5 Å². The highest BCUT2D eigenvalue weighted by molar-refractivity contribution is 6.22. The first-order chi connectivity index (χ1) is 14.3. The molecule has 0 aromatic heterocycles. The summed E-state index contributed by atoms with van der Waals surface area (Å²) in [5.74, 6) is -2.31. The number of imide groups is 1. The van der Waals surface area contributed by atoms with Crippen molar-refractivity contribution in [3.8, 4) is 0 Å². The summed E-state index contributed by atoms with van der Waals surface area (Å²) in [6, 6.07) is 12.5. The van der Waals surface area contributed by atoms with E-state index < -0.39 is 36.3 Å². The van der Waals surface area contributed by atoms with Crippen molar-refractivity contribution in [2.75, 3.05) is 11.9 Å². The van der Waals surface area contributed by atoms with Crippen LogP contribution in [0.25, 0.3) is 0 Å². The van der Waals surface area contributed by atoms with Crippen LogP contribution in [0.3, 0.4) is 0 Å². The summed E-state index contributed by atoms with van der Waals surface area (Å²) in [5.41, 5.74) is 2.17. The Morgan fingerprint density at radius 3 is 2.07 bits per heavy atom. The zero-order valence-electron chi connectivity index (χ0n) is 17.2. The lowest BCUT2D eigenvalue weighted by Gasteiger charge is -2.25. The standard InChI is InChI=1S/C23H24N2O5/c1-14(2)12-19(25-21(27)17-6-4-5-7-18(17)22(25)28)23(29)30-13-20(26)24-16-10-8-15(3)9-11-16/h4-11,14,19H,12-13H2,1-3H3,(H,24,26). The van der Waals surface area contributed by atoms with Crippen LogP contribution in [0.4, 0.5) is 5.69 Å². The molecule has 2 aromatic carbocycles. The van der Waals surface area contributed by atoms with E-state index in [0.29, 0.717) is 5.69 Å². The Kier molecular flexibility index (Phi) is 6.30. The smallest absolute Gasteiger partial charge is 0.329 e. The van der Waals surface area contributed by atoms with Gasteiger partial charge in [-0.1, -0.05) is 43.7 Å². The summed E-state index contributed by atoms with van der Waals surface area (Å²) < 4.78 is 5.17. The van der Waals surface area contributed by atoms with Crippen LogP contribution in [-0.2, 0) is 14.3 Å². The lowest BCUT2D eigenvalue weighted by molar-refractivity contribution is -0.151. The van der Waals surface area contributed by atoms with E-state index in [0.717, 1.165) is 10.5 Å². The van der Waals surface area contributed by atoms with Gasteiger partial charge in [-0.05, 0) is 43.5 Å². The second-order valence-corrected chi connectivity index (χ2v) is 7.69. The molecule has 0 fully saturated rings. The molecule has 7 nitrogen and oxygen atoms in total. The number of rotatable bonds is 7. The number of carbonyl (C=O) groups is 4. The highest BCUT2D eigenvalue weighted by Gasteiger charge is 2.43. The molecule has 3 rings (SSSR count). The van der Waals surface area contributed by atoms with Crippen molar-refractivity contribution in [3.05, 3.63) is 65.2 Å². The van der Waals surface area contributed by atoms with Crippen LogP contribution in [0.2, 0.25) is 0 Å². The van der Waals surface area contributed by atoms with Crippen molar-refractivity contribution in [2.24, 2.45) is 5.92 Å². The summed E-state index contributed by atoms with van der Waals surface area (Å²) >= 11 is 0. The molecule has 2 aromatic rings. The number of anilines is 1. The molecule has 0 spiro atoms. The average molecular weight is 408 g/mol. The van der Waals surface area contributed by atoms with Crippen LogP contribution in [-0.4, -0.2) is 41.2 Å². The topological polar surface area (TPSA) is 92.8 Å². The summed E-state index contributed by atoms with van der Waals surface area (Å²) in [6.07, 6.45) is 0.240. The molecule has 0 saturated carbocycles. The predicted molar refractivity (Wildman–Crippen MR) is 111 cm³/mol. The van der Waals surface area contributed by atoms with Crippen LogP contribution in [0.5, 0.6) is 0 Å². The van der Waals surface area contributed by atoms with Gasteiger partial charge in [0.15, 0.2) is 6.61 Å². The maximum atomic E-state index is 12.8. The van der Waals surface area contributed by atoms with E-state index in [9.17, 15) is 19.2 Å². The third kappa shape index (κ3) is 4.56. The lowest BCUT2D eigenvalue weighted by Crippen LogP contribution is -2.46. The number of benzene rings is 2. The molecule has 1 heterocycles. The summed E-state index contributed by atoms with van der Waals surface area (Å²) in [5, 5.41) is 2.64. The second-order valence-electron chi connectivity index (χ2n) is 7.69. The van der Waals surface area contributed by atoms with Crippen molar-refractivity contribution in [3.63, 3.8) is 0 Å². The van der Waals surface area contributed by atoms with Gasteiger partial charge in [0.1, 0.15) is 6.04 Å². The van der Waals surface area contributed by atoms with Gasteiger partial charge in [0.25, 0.3) is 17.7 Å². The van der Waals surface area contributed by atoms with Gasteiger partial charge in [0.05, 0.1) is 11.1 Å². The fourth-order valence-corrected chi connectivity index (χ4v) is 3.31. The Bertz CT molecular complexity index is 946. The third-order valence-electron chi connectivity index (χ3n) is 4.78. The zero-order valence-corrected chi connectivity index (χ0v) is 17.2. The number of nitrogens with zero attached hydrogens (tertiary/aromatic N) is 1. The first kappa shape index (κ1) is 21.2. The van der Waals surface area contributed by atoms with Crippen molar-refractivity contribution >= 4 is 29.4 Å². The van der Waals surface area contributed by atoms with Gasteiger partial charge in [0.2, 0.25) is 0 Å². The zero-order chi connectivity index (χ0) is 21.8. The molecule has 7 heteroatoms. The summed E-state index contributed by atoms with van der Waals surface area (Å²) in [4.78, 5) is 51.4. The monoisotopic (exact) mass is 408 g/mol. The average Bonchev–Trinajstić information content (AvgIpc) is 2.97. The molecule has 1 unspecified atom stereocenters. The van der Waals surface area contributed by atoms with Gasteiger partial charge < -0.3 is 10.1 Å². The number of hydrogen-bond acceptors (Lipinski definition) is 5. The Morgan fingerprint density at radius 1 is 0.967 bits per heavy atom. The number of amides is 3. The molecule has 3 amide bonds. The van der Waals surface area contributed by atoms with E-state index in [2.05, 4.69) is 5.32 Å². The third-order valence-corrected chi connectivity index (χ3v) is 4.78. The van der Waals surface area contributed by atoms with Crippen molar-refractivity contribution in [1.82, 2.24) is 4.90 Å². The minimum absolute atomic E-state index is 0.0215. The molecule has 30 heavy (non-hydrogen) atoms. The number of aryl methyl sites for hydroxylation is 1. The maximum absolute atomic E-state index is 12.8. The molecule has 156 valence electrons. The Morgan fingerprint density at radius 2 is 1.53 bits per heavy atom. The SMILES string of the molecule is Cc1ccc(NC(=O)COC(=O)C(CC(C)C)N2C(=O)c3ccccc3C2=O)cc1. The molecular formula is C23H24N2O5. The number of ether oxygens (including phenoxy) is 1. The van der Waals surface area contributed by atoms with Crippen molar-refractivity contribution in [1.29, 1.82) is 0 Å². The minimum Gasteiger partial charge on any atom is -0.454 e. The second kappa shape index (κ2) is 8.90. The summed E-state index contributed by atoms with van der Waals surface area (Å²) in [6.45, 7) is 5.18. The molecule has 1 atom stereocenters. The van der Waals surface area contributed by atoms with E-state index in [1.54, 1.807) is 36.4 Å². The molecule has 1 aliphatic heterocycles. The van der Waals surface area contributed by atoms with Gasteiger partial charge in [-0.2, -0.15) is 0 Å². The lowest BCUT2D eigenvalue weighted by atomic mass is 10.0.